The Morgan fingerprint density at radius 1 is 0.786 bits per heavy atom. The smallest absolute Gasteiger partial charge is 0.331 e. The first-order valence-corrected chi connectivity index (χ1v) is 8.09. The second-order valence-corrected chi connectivity index (χ2v) is 5.49. The van der Waals surface area contributed by atoms with E-state index in [2.05, 4.69) is 0 Å². The number of esters is 2. The monoisotopic (exact) mass is 392 g/mol. The van der Waals surface area contributed by atoms with Crippen LogP contribution in [0.3, 0.4) is 0 Å². The Morgan fingerprint density at radius 2 is 1.18 bits per heavy atom. The minimum atomic E-state index is -0.802. The molecule has 0 radical (unpaired) electrons. The summed E-state index contributed by atoms with van der Waals surface area (Å²) in [5, 5.41) is 0. The molecule has 2 aromatic carbocycles. The average molecular weight is 392 g/mol. The molecule has 0 amide bonds. The molecular weight excluding hydrogens is 374 g/mol. The molecule has 0 aliphatic heterocycles. The van der Waals surface area contributed by atoms with Crippen molar-refractivity contribution in [2.24, 2.45) is 0 Å². The highest BCUT2D eigenvalue weighted by Gasteiger charge is 2.07. The molecule has 2 aromatic rings. The van der Waals surface area contributed by atoms with Gasteiger partial charge in [-0.25, -0.2) is 18.4 Å². The van der Waals surface area contributed by atoms with Crippen molar-refractivity contribution in [3.05, 3.63) is 71.3 Å². The van der Waals surface area contributed by atoms with Gasteiger partial charge >= 0.3 is 11.9 Å². The fourth-order valence-corrected chi connectivity index (χ4v) is 2.14. The second-order valence-electron chi connectivity index (χ2n) is 5.49. The van der Waals surface area contributed by atoms with E-state index in [4.69, 9.17) is 18.9 Å². The molecule has 0 unspecified atom stereocenters. The summed E-state index contributed by atoms with van der Waals surface area (Å²) >= 11 is 0. The summed E-state index contributed by atoms with van der Waals surface area (Å²) in [7, 11) is 2.68. The molecule has 6 nitrogen and oxygen atoms in total. The predicted octanol–water partition coefficient (Wildman–Crippen LogP) is 3.32. The highest BCUT2D eigenvalue weighted by molar-refractivity contribution is 5.91. The Hall–Kier alpha value is -3.42. The molecule has 0 aliphatic carbocycles. The molecule has 0 saturated heterocycles. The fraction of sp³-hybridized carbons (Fsp3) is 0.200. The van der Waals surface area contributed by atoms with Crippen LogP contribution < -0.4 is 9.47 Å². The number of hydrogen-bond acceptors (Lipinski definition) is 6. The van der Waals surface area contributed by atoms with Gasteiger partial charge < -0.3 is 18.9 Å². The number of halogens is 2. The predicted molar refractivity (Wildman–Crippen MR) is 94.6 cm³/mol. The SMILES string of the molecule is COc1ccc(COC(=O)/C=C/C(=O)OCc2ccc(OC)c(F)c2)cc1F. The van der Waals surface area contributed by atoms with Crippen LogP contribution in [0.2, 0.25) is 0 Å². The van der Waals surface area contributed by atoms with Crippen molar-refractivity contribution in [2.45, 2.75) is 13.2 Å². The number of ether oxygens (including phenoxy) is 4. The molecule has 0 saturated carbocycles. The van der Waals surface area contributed by atoms with Gasteiger partial charge in [0, 0.05) is 12.2 Å². The van der Waals surface area contributed by atoms with Gasteiger partial charge in [-0.1, -0.05) is 12.1 Å². The van der Waals surface area contributed by atoms with Crippen molar-refractivity contribution in [3.8, 4) is 11.5 Å². The van der Waals surface area contributed by atoms with Gasteiger partial charge in [0.05, 0.1) is 14.2 Å². The van der Waals surface area contributed by atoms with Crippen LogP contribution in [-0.4, -0.2) is 26.2 Å². The van der Waals surface area contributed by atoms with E-state index in [0.29, 0.717) is 11.1 Å². The molecule has 0 aromatic heterocycles. The van der Waals surface area contributed by atoms with Gasteiger partial charge in [-0.15, -0.1) is 0 Å². The van der Waals surface area contributed by atoms with E-state index in [1.807, 2.05) is 0 Å². The van der Waals surface area contributed by atoms with E-state index >= 15 is 0 Å². The van der Waals surface area contributed by atoms with Crippen LogP contribution >= 0.6 is 0 Å². The molecule has 0 atom stereocenters. The molecule has 2 rings (SSSR count). The number of benzene rings is 2. The van der Waals surface area contributed by atoms with E-state index in [0.717, 1.165) is 12.2 Å². The van der Waals surface area contributed by atoms with Crippen molar-refractivity contribution in [1.29, 1.82) is 0 Å². The van der Waals surface area contributed by atoms with E-state index in [-0.39, 0.29) is 24.7 Å². The topological polar surface area (TPSA) is 71.1 Å². The zero-order valence-electron chi connectivity index (χ0n) is 15.2. The van der Waals surface area contributed by atoms with Crippen LogP contribution in [0.4, 0.5) is 8.78 Å². The Labute approximate surface area is 160 Å². The molecule has 148 valence electrons. The quantitative estimate of drug-likeness (QED) is 0.507. The van der Waals surface area contributed by atoms with Crippen LogP contribution in [-0.2, 0) is 32.3 Å². The molecule has 8 heteroatoms. The van der Waals surface area contributed by atoms with Gasteiger partial charge in [-0.05, 0) is 35.4 Å². The lowest BCUT2D eigenvalue weighted by atomic mass is 10.2. The maximum absolute atomic E-state index is 13.5. The van der Waals surface area contributed by atoms with Crippen LogP contribution in [0.25, 0.3) is 0 Å². The highest BCUT2D eigenvalue weighted by Crippen LogP contribution is 2.19. The largest absolute Gasteiger partial charge is 0.494 e. The maximum Gasteiger partial charge on any atom is 0.331 e. The van der Waals surface area contributed by atoms with E-state index in [1.165, 1.54) is 38.5 Å². The summed E-state index contributed by atoms with van der Waals surface area (Å²) in [5.41, 5.74) is 0.841. The molecule has 0 N–H and O–H groups in total. The first-order chi connectivity index (χ1) is 13.4. The summed E-state index contributed by atoms with van der Waals surface area (Å²) in [6, 6.07) is 8.26. The number of carbonyl (C=O) groups excluding carboxylic acids is 2. The second kappa shape index (κ2) is 10.1. The molecular formula is C20H18F2O6. The highest BCUT2D eigenvalue weighted by atomic mass is 19.1. The van der Waals surface area contributed by atoms with Gasteiger partial charge in [0.25, 0.3) is 0 Å². The van der Waals surface area contributed by atoms with E-state index in [1.54, 1.807) is 12.1 Å². The number of hydrogen-bond donors (Lipinski definition) is 0. The van der Waals surface area contributed by atoms with Gasteiger partial charge in [0.1, 0.15) is 13.2 Å². The molecule has 28 heavy (non-hydrogen) atoms. The summed E-state index contributed by atoms with van der Waals surface area (Å²) < 4.78 is 46.5. The number of carbonyl (C=O) groups is 2. The van der Waals surface area contributed by atoms with Crippen molar-refractivity contribution >= 4 is 11.9 Å². The van der Waals surface area contributed by atoms with Crippen molar-refractivity contribution < 1.29 is 37.3 Å². The molecule has 0 spiro atoms. The standard InChI is InChI=1S/C20H18F2O6/c1-25-17-5-3-13(9-15(17)21)11-27-19(23)7-8-20(24)28-12-14-4-6-18(26-2)16(22)10-14/h3-10H,11-12H2,1-2H3/b8-7+. The van der Waals surface area contributed by atoms with Crippen LogP contribution in [0, 0.1) is 11.6 Å². The Balaban J connectivity index is 1.79. The normalized spacial score (nSPS) is 10.6. The van der Waals surface area contributed by atoms with Crippen LogP contribution in [0.15, 0.2) is 48.6 Å². The third kappa shape index (κ3) is 6.08. The van der Waals surface area contributed by atoms with Crippen molar-refractivity contribution in [3.63, 3.8) is 0 Å². The Kier molecular flexibility index (Phi) is 7.50. The molecule has 0 bridgehead atoms. The maximum atomic E-state index is 13.5. The van der Waals surface area contributed by atoms with Gasteiger partial charge in [-0.2, -0.15) is 0 Å². The summed E-state index contributed by atoms with van der Waals surface area (Å²) in [6.07, 6.45) is 1.77. The first-order valence-electron chi connectivity index (χ1n) is 8.09. The van der Waals surface area contributed by atoms with E-state index < -0.39 is 23.6 Å². The third-order valence-corrected chi connectivity index (χ3v) is 3.55. The third-order valence-electron chi connectivity index (χ3n) is 3.55. The summed E-state index contributed by atoms with van der Waals surface area (Å²) in [4.78, 5) is 23.2. The van der Waals surface area contributed by atoms with Gasteiger partial charge in [0.2, 0.25) is 0 Å². The van der Waals surface area contributed by atoms with Gasteiger partial charge in [-0.3, -0.25) is 0 Å². The Morgan fingerprint density at radius 3 is 1.50 bits per heavy atom. The fourth-order valence-electron chi connectivity index (χ4n) is 2.14. The minimum Gasteiger partial charge on any atom is -0.494 e. The van der Waals surface area contributed by atoms with Crippen LogP contribution in [0.5, 0.6) is 11.5 Å². The first kappa shape index (κ1) is 20.9. The zero-order chi connectivity index (χ0) is 20.5. The van der Waals surface area contributed by atoms with Gasteiger partial charge in [0.15, 0.2) is 23.1 Å². The number of methoxy groups -OCH3 is 2. The lowest BCUT2D eigenvalue weighted by Crippen LogP contribution is -2.05. The lowest BCUT2D eigenvalue weighted by Gasteiger charge is -2.06. The molecule has 0 aliphatic rings. The summed E-state index contributed by atoms with van der Waals surface area (Å²) in [6.45, 7) is -0.353. The molecule has 0 heterocycles. The Bertz CT molecular complexity index is 807. The summed E-state index contributed by atoms with van der Waals surface area (Å²) in [5.74, 6) is -2.61. The lowest BCUT2D eigenvalue weighted by molar-refractivity contribution is -0.141. The van der Waals surface area contributed by atoms with Crippen LogP contribution in [0.1, 0.15) is 11.1 Å². The van der Waals surface area contributed by atoms with Crippen molar-refractivity contribution in [1.82, 2.24) is 0 Å². The van der Waals surface area contributed by atoms with E-state index in [9.17, 15) is 18.4 Å². The zero-order valence-corrected chi connectivity index (χ0v) is 15.2. The number of rotatable bonds is 8. The minimum absolute atomic E-state index is 0.0782. The average Bonchev–Trinajstić information content (AvgIpc) is 2.69. The van der Waals surface area contributed by atoms with Crippen molar-refractivity contribution in [2.75, 3.05) is 14.2 Å². The molecule has 0 fully saturated rings.